The van der Waals surface area contributed by atoms with Crippen LogP contribution in [0, 0.1) is 24.0 Å². The minimum absolute atomic E-state index is 0.129. The Balaban J connectivity index is 1.46. The third-order valence-corrected chi connectivity index (χ3v) is 7.68. The summed E-state index contributed by atoms with van der Waals surface area (Å²) in [5, 5.41) is 13.6. The molecule has 0 saturated carbocycles. The highest BCUT2D eigenvalue weighted by Gasteiger charge is 2.29. The van der Waals surface area contributed by atoms with E-state index in [0.29, 0.717) is 34.8 Å². The van der Waals surface area contributed by atoms with Gasteiger partial charge in [-0.3, -0.25) is 19.2 Å². The summed E-state index contributed by atoms with van der Waals surface area (Å²) >= 11 is 0. The van der Waals surface area contributed by atoms with Gasteiger partial charge in [-0.1, -0.05) is 24.3 Å². The van der Waals surface area contributed by atoms with E-state index in [1.165, 1.54) is 34.6 Å². The second-order valence-corrected chi connectivity index (χ2v) is 10.2. The Morgan fingerprint density at radius 2 is 1.86 bits per heavy atom. The average molecular weight is 496 g/mol. The van der Waals surface area contributed by atoms with Gasteiger partial charge in [0.05, 0.1) is 21.2 Å². The lowest BCUT2D eigenvalue weighted by Crippen LogP contribution is -2.35. The second kappa shape index (κ2) is 9.75. The SMILES string of the molecule is Cc1ccc([N+](=O)[O-])cc1NC(=O)COc1ccc(S(=O)(=O)N2CCCc3ccccc32)cc1C. The molecule has 1 N–H and O–H groups in total. The number of hydrogen-bond donors (Lipinski definition) is 1. The van der Waals surface area contributed by atoms with Crippen LogP contribution in [0.25, 0.3) is 0 Å². The van der Waals surface area contributed by atoms with Gasteiger partial charge in [0.2, 0.25) is 0 Å². The number of para-hydroxylation sites is 1. The molecule has 0 radical (unpaired) electrons. The Labute approximate surface area is 203 Å². The number of nitro benzene ring substituents is 1. The molecule has 0 spiro atoms. The van der Waals surface area contributed by atoms with Gasteiger partial charge in [-0.15, -0.1) is 0 Å². The first kappa shape index (κ1) is 24.2. The normalized spacial score (nSPS) is 13.1. The summed E-state index contributed by atoms with van der Waals surface area (Å²) in [5.74, 6) is -0.122. The lowest BCUT2D eigenvalue weighted by Gasteiger charge is -2.30. The number of amides is 1. The van der Waals surface area contributed by atoms with E-state index < -0.39 is 20.9 Å². The number of sulfonamides is 1. The summed E-state index contributed by atoms with van der Waals surface area (Å²) in [6.07, 6.45) is 1.58. The van der Waals surface area contributed by atoms with Crippen LogP contribution in [0.3, 0.4) is 0 Å². The van der Waals surface area contributed by atoms with E-state index in [0.717, 1.165) is 18.4 Å². The molecule has 3 aromatic rings. The fourth-order valence-corrected chi connectivity index (χ4v) is 5.63. The molecule has 0 fully saturated rings. The number of nitrogens with one attached hydrogen (secondary N) is 1. The first-order valence-electron chi connectivity index (χ1n) is 11.1. The van der Waals surface area contributed by atoms with Gasteiger partial charge < -0.3 is 10.1 Å². The molecule has 0 atom stereocenters. The molecule has 4 rings (SSSR count). The van der Waals surface area contributed by atoms with Gasteiger partial charge in [0.1, 0.15) is 5.75 Å². The highest BCUT2D eigenvalue weighted by Crippen LogP contribution is 2.33. The van der Waals surface area contributed by atoms with E-state index in [9.17, 15) is 23.3 Å². The van der Waals surface area contributed by atoms with Crippen molar-refractivity contribution >= 4 is 33.0 Å². The number of carbonyl (C=O) groups is 1. The van der Waals surface area contributed by atoms with Crippen molar-refractivity contribution in [3.8, 4) is 5.75 Å². The summed E-state index contributed by atoms with van der Waals surface area (Å²) in [5.41, 5.74) is 3.14. The van der Waals surface area contributed by atoms with Gasteiger partial charge in [0.15, 0.2) is 6.61 Å². The topological polar surface area (TPSA) is 119 Å². The van der Waals surface area contributed by atoms with Crippen molar-refractivity contribution in [1.29, 1.82) is 0 Å². The number of rotatable bonds is 7. The number of fused-ring (bicyclic) bond motifs is 1. The molecule has 9 nitrogen and oxygen atoms in total. The van der Waals surface area contributed by atoms with Gasteiger partial charge in [-0.2, -0.15) is 0 Å². The maximum atomic E-state index is 13.4. The fraction of sp³-hybridized carbons (Fsp3) is 0.240. The summed E-state index contributed by atoms with van der Waals surface area (Å²) in [6.45, 7) is 3.51. The number of benzene rings is 3. The number of hydrogen-bond acceptors (Lipinski definition) is 6. The van der Waals surface area contributed by atoms with Crippen molar-refractivity contribution in [2.45, 2.75) is 31.6 Å². The van der Waals surface area contributed by atoms with Crippen molar-refractivity contribution in [2.24, 2.45) is 0 Å². The predicted octanol–water partition coefficient (Wildman–Crippen LogP) is 4.37. The number of ether oxygens (including phenoxy) is 1. The Hall–Kier alpha value is -3.92. The van der Waals surface area contributed by atoms with E-state index in [2.05, 4.69) is 5.32 Å². The van der Waals surface area contributed by atoms with Gasteiger partial charge in [0, 0.05) is 18.7 Å². The smallest absolute Gasteiger partial charge is 0.271 e. The highest BCUT2D eigenvalue weighted by atomic mass is 32.2. The van der Waals surface area contributed by atoms with E-state index in [-0.39, 0.29) is 17.2 Å². The van der Waals surface area contributed by atoms with Gasteiger partial charge in [0.25, 0.3) is 21.6 Å². The fourth-order valence-electron chi connectivity index (χ4n) is 4.01. The van der Waals surface area contributed by atoms with Crippen LogP contribution in [0.15, 0.2) is 65.6 Å². The summed E-state index contributed by atoms with van der Waals surface area (Å²) in [6, 6.07) is 16.2. The molecule has 1 amide bonds. The molecule has 0 saturated heterocycles. The number of aryl methyl sites for hydroxylation is 3. The second-order valence-electron chi connectivity index (χ2n) is 8.33. The summed E-state index contributed by atoms with van der Waals surface area (Å²) in [4.78, 5) is 23.0. The lowest BCUT2D eigenvalue weighted by molar-refractivity contribution is -0.384. The Kier molecular flexibility index (Phi) is 6.74. The molecule has 35 heavy (non-hydrogen) atoms. The molecule has 182 valence electrons. The highest BCUT2D eigenvalue weighted by molar-refractivity contribution is 7.92. The van der Waals surface area contributed by atoms with Crippen LogP contribution in [0.4, 0.5) is 17.1 Å². The number of carbonyl (C=O) groups excluding carboxylic acids is 1. The van der Waals surface area contributed by atoms with Gasteiger partial charge >= 0.3 is 0 Å². The largest absolute Gasteiger partial charge is 0.483 e. The Morgan fingerprint density at radius 1 is 1.09 bits per heavy atom. The summed E-state index contributed by atoms with van der Waals surface area (Å²) in [7, 11) is -3.76. The molecule has 3 aromatic carbocycles. The molecular weight excluding hydrogens is 470 g/mol. The molecule has 1 aliphatic rings. The molecule has 0 aromatic heterocycles. The van der Waals surface area contributed by atoms with E-state index in [4.69, 9.17) is 4.74 Å². The maximum Gasteiger partial charge on any atom is 0.271 e. The minimum atomic E-state index is -3.76. The molecule has 0 bridgehead atoms. The van der Waals surface area contributed by atoms with E-state index >= 15 is 0 Å². The molecule has 0 unspecified atom stereocenters. The van der Waals surface area contributed by atoms with E-state index in [1.54, 1.807) is 19.9 Å². The van der Waals surface area contributed by atoms with Crippen LogP contribution in [0.2, 0.25) is 0 Å². The quantitative estimate of drug-likeness (QED) is 0.384. The predicted molar refractivity (Wildman–Crippen MR) is 132 cm³/mol. The monoisotopic (exact) mass is 495 g/mol. The first-order valence-corrected chi connectivity index (χ1v) is 12.5. The van der Waals surface area contributed by atoms with Crippen molar-refractivity contribution in [2.75, 3.05) is 22.8 Å². The lowest BCUT2D eigenvalue weighted by atomic mass is 10.0. The third-order valence-electron chi connectivity index (χ3n) is 5.87. The zero-order valence-electron chi connectivity index (χ0n) is 19.4. The van der Waals surface area contributed by atoms with Crippen LogP contribution in [-0.4, -0.2) is 32.4 Å². The van der Waals surface area contributed by atoms with Crippen molar-refractivity contribution < 1.29 is 22.9 Å². The average Bonchev–Trinajstić information content (AvgIpc) is 2.84. The Bertz CT molecular complexity index is 1400. The molecule has 10 heteroatoms. The molecular formula is C25H25N3O6S. The first-order chi connectivity index (χ1) is 16.7. The number of anilines is 2. The van der Waals surface area contributed by atoms with Crippen molar-refractivity contribution in [3.05, 3.63) is 87.5 Å². The van der Waals surface area contributed by atoms with Gasteiger partial charge in [-0.25, -0.2) is 8.42 Å². The zero-order chi connectivity index (χ0) is 25.2. The Morgan fingerprint density at radius 3 is 2.60 bits per heavy atom. The van der Waals surface area contributed by atoms with E-state index in [1.807, 2.05) is 24.3 Å². The van der Waals surface area contributed by atoms with Gasteiger partial charge in [-0.05, 0) is 67.6 Å². The van der Waals surface area contributed by atoms with Crippen LogP contribution in [0.1, 0.15) is 23.1 Å². The zero-order valence-corrected chi connectivity index (χ0v) is 20.2. The van der Waals surface area contributed by atoms with Crippen molar-refractivity contribution in [3.63, 3.8) is 0 Å². The van der Waals surface area contributed by atoms with Crippen LogP contribution >= 0.6 is 0 Å². The number of nitro groups is 1. The number of non-ortho nitro benzene ring substituents is 1. The molecule has 0 aliphatic carbocycles. The standard InChI is InChI=1S/C25H25N3O6S/c1-17-9-10-20(28(30)31)15-22(17)26-25(29)16-34-24-12-11-21(14-18(24)2)35(32,33)27-13-5-7-19-6-3-4-8-23(19)27/h3-4,6,8-12,14-15H,5,7,13,16H2,1-2H3,(H,26,29). The maximum absolute atomic E-state index is 13.4. The number of nitrogens with zero attached hydrogens (tertiary/aromatic N) is 2. The van der Waals surface area contributed by atoms with Crippen LogP contribution in [-0.2, 0) is 21.2 Å². The minimum Gasteiger partial charge on any atom is -0.483 e. The van der Waals surface area contributed by atoms with Crippen molar-refractivity contribution in [1.82, 2.24) is 0 Å². The van der Waals surface area contributed by atoms with Crippen LogP contribution < -0.4 is 14.4 Å². The molecule has 1 aliphatic heterocycles. The summed E-state index contributed by atoms with van der Waals surface area (Å²) < 4.78 is 33.8. The van der Waals surface area contributed by atoms with Crippen LogP contribution in [0.5, 0.6) is 5.75 Å². The molecule has 1 heterocycles. The third kappa shape index (κ3) is 5.12.